The topological polar surface area (TPSA) is 3.24 Å². The van der Waals surface area contributed by atoms with Crippen LogP contribution in [0.25, 0.3) is 0 Å². The number of benzene rings is 1. The first-order chi connectivity index (χ1) is 8.34. The molecule has 0 radical (unpaired) electrons. The summed E-state index contributed by atoms with van der Waals surface area (Å²) < 4.78 is 0. The lowest BCUT2D eigenvalue weighted by Crippen LogP contribution is -2.24. The number of nitrogens with zero attached hydrogens (tertiary/aromatic N) is 1. The standard InChI is InChI=1S/C16H21N/c1-2-4-14(5-3-1)10-17-11-15-9-16(15,12-17)8-13-6-7-13/h1-5,13,15H,6-12H2. The van der Waals surface area contributed by atoms with Gasteiger partial charge in [0.15, 0.2) is 0 Å². The van der Waals surface area contributed by atoms with Crippen molar-refractivity contribution in [3.63, 3.8) is 0 Å². The van der Waals surface area contributed by atoms with Crippen LogP contribution in [0.1, 0.15) is 31.2 Å². The highest BCUT2D eigenvalue weighted by Crippen LogP contribution is 2.63. The van der Waals surface area contributed by atoms with E-state index < -0.39 is 0 Å². The van der Waals surface area contributed by atoms with Gasteiger partial charge in [-0.3, -0.25) is 4.90 Å². The molecule has 2 unspecified atom stereocenters. The minimum Gasteiger partial charge on any atom is -0.298 e. The predicted molar refractivity (Wildman–Crippen MR) is 69.6 cm³/mol. The van der Waals surface area contributed by atoms with Gasteiger partial charge in [0, 0.05) is 19.6 Å². The molecule has 1 saturated heterocycles. The van der Waals surface area contributed by atoms with Gasteiger partial charge >= 0.3 is 0 Å². The Kier molecular flexibility index (Phi) is 2.14. The molecule has 3 aliphatic rings. The van der Waals surface area contributed by atoms with Crippen molar-refractivity contribution in [1.82, 2.24) is 4.90 Å². The molecular weight excluding hydrogens is 206 g/mol. The summed E-state index contributed by atoms with van der Waals surface area (Å²) >= 11 is 0. The molecule has 1 aromatic carbocycles. The van der Waals surface area contributed by atoms with E-state index in [2.05, 4.69) is 35.2 Å². The van der Waals surface area contributed by atoms with Crippen molar-refractivity contribution in [1.29, 1.82) is 0 Å². The highest BCUT2D eigenvalue weighted by atomic mass is 15.2. The zero-order valence-electron chi connectivity index (χ0n) is 10.4. The van der Waals surface area contributed by atoms with Crippen molar-refractivity contribution in [3.05, 3.63) is 35.9 Å². The minimum atomic E-state index is 0.774. The zero-order valence-corrected chi connectivity index (χ0v) is 10.4. The average molecular weight is 227 g/mol. The second-order valence-corrected chi connectivity index (χ2v) is 6.57. The van der Waals surface area contributed by atoms with Crippen LogP contribution in [0.2, 0.25) is 0 Å². The first kappa shape index (κ1) is 10.1. The van der Waals surface area contributed by atoms with Crippen LogP contribution in [0, 0.1) is 17.3 Å². The number of likely N-dealkylation sites (tertiary alicyclic amines) is 1. The summed E-state index contributed by atoms with van der Waals surface area (Å²) in [5.74, 6) is 2.16. The first-order valence-corrected chi connectivity index (χ1v) is 7.10. The molecule has 2 atom stereocenters. The molecule has 2 aliphatic carbocycles. The van der Waals surface area contributed by atoms with Gasteiger partial charge in [-0.05, 0) is 35.7 Å². The molecule has 90 valence electrons. The Morgan fingerprint density at radius 3 is 2.76 bits per heavy atom. The molecule has 0 aromatic heterocycles. The van der Waals surface area contributed by atoms with Gasteiger partial charge in [0.05, 0.1) is 0 Å². The third kappa shape index (κ3) is 1.91. The molecule has 17 heavy (non-hydrogen) atoms. The number of piperidine rings is 1. The smallest absolute Gasteiger partial charge is 0.0234 e. The fraction of sp³-hybridized carbons (Fsp3) is 0.625. The van der Waals surface area contributed by atoms with Gasteiger partial charge in [-0.2, -0.15) is 0 Å². The second kappa shape index (κ2) is 3.58. The molecule has 1 aliphatic heterocycles. The highest BCUT2D eigenvalue weighted by Gasteiger charge is 2.60. The van der Waals surface area contributed by atoms with Crippen LogP contribution in [0.5, 0.6) is 0 Å². The maximum atomic E-state index is 2.69. The van der Waals surface area contributed by atoms with Crippen LogP contribution in [-0.4, -0.2) is 18.0 Å². The van der Waals surface area contributed by atoms with Crippen molar-refractivity contribution < 1.29 is 0 Å². The molecule has 1 heterocycles. The van der Waals surface area contributed by atoms with Crippen LogP contribution in [0.3, 0.4) is 0 Å². The van der Waals surface area contributed by atoms with Crippen LogP contribution in [-0.2, 0) is 6.54 Å². The Labute approximate surface area is 104 Å². The van der Waals surface area contributed by atoms with E-state index in [0.29, 0.717) is 0 Å². The maximum Gasteiger partial charge on any atom is 0.0234 e. The van der Waals surface area contributed by atoms with Gasteiger partial charge in [-0.15, -0.1) is 0 Å². The lowest BCUT2D eigenvalue weighted by atomic mass is 9.98. The Balaban J connectivity index is 1.39. The Hall–Kier alpha value is -0.820. The summed E-state index contributed by atoms with van der Waals surface area (Å²) in [5.41, 5.74) is 2.26. The van der Waals surface area contributed by atoms with E-state index in [-0.39, 0.29) is 0 Å². The van der Waals surface area contributed by atoms with Gasteiger partial charge in [-0.1, -0.05) is 43.2 Å². The predicted octanol–water partition coefficient (Wildman–Crippen LogP) is 3.31. The summed E-state index contributed by atoms with van der Waals surface area (Å²) in [4.78, 5) is 2.69. The lowest BCUT2D eigenvalue weighted by molar-refractivity contribution is 0.263. The SMILES string of the molecule is c1ccc(CN2CC3CC3(CC3CC3)C2)cc1. The third-order valence-electron chi connectivity index (χ3n) is 5.02. The minimum absolute atomic E-state index is 0.774. The summed E-state index contributed by atoms with van der Waals surface area (Å²) in [6.07, 6.45) is 6.12. The van der Waals surface area contributed by atoms with Crippen LogP contribution in [0.15, 0.2) is 30.3 Å². The van der Waals surface area contributed by atoms with Crippen molar-refractivity contribution in [2.24, 2.45) is 17.3 Å². The van der Waals surface area contributed by atoms with Crippen LogP contribution >= 0.6 is 0 Å². The van der Waals surface area contributed by atoms with E-state index in [9.17, 15) is 0 Å². The fourth-order valence-corrected chi connectivity index (χ4v) is 3.88. The molecule has 1 aromatic rings. The maximum absolute atomic E-state index is 2.69. The van der Waals surface area contributed by atoms with Crippen LogP contribution in [0.4, 0.5) is 0 Å². The summed E-state index contributed by atoms with van der Waals surface area (Å²) in [6, 6.07) is 11.0. The molecule has 0 bridgehead atoms. The van der Waals surface area contributed by atoms with Crippen molar-refractivity contribution in [2.75, 3.05) is 13.1 Å². The summed E-state index contributed by atoms with van der Waals surface area (Å²) in [5, 5.41) is 0. The quantitative estimate of drug-likeness (QED) is 0.763. The van der Waals surface area contributed by atoms with E-state index >= 15 is 0 Å². The van der Waals surface area contributed by atoms with Crippen molar-refractivity contribution >= 4 is 0 Å². The van der Waals surface area contributed by atoms with Gasteiger partial charge in [0.1, 0.15) is 0 Å². The van der Waals surface area contributed by atoms with Crippen molar-refractivity contribution in [2.45, 2.75) is 32.2 Å². The van der Waals surface area contributed by atoms with Gasteiger partial charge in [-0.25, -0.2) is 0 Å². The first-order valence-electron chi connectivity index (χ1n) is 7.10. The van der Waals surface area contributed by atoms with E-state index in [1.54, 1.807) is 6.42 Å². The Morgan fingerprint density at radius 2 is 2.00 bits per heavy atom. The average Bonchev–Trinajstić information content (AvgIpc) is 3.22. The lowest BCUT2D eigenvalue weighted by Gasteiger charge is -2.20. The van der Waals surface area contributed by atoms with Crippen molar-refractivity contribution in [3.8, 4) is 0 Å². The summed E-state index contributed by atoms with van der Waals surface area (Å²) in [6.45, 7) is 3.91. The normalized spacial score (nSPS) is 35.9. The van der Waals surface area contributed by atoms with Gasteiger partial charge < -0.3 is 0 Å². The largest absolute Gasteiger partial charge is 0.298 e. The molecule has 2 saturated carbocycles. The Bertz CT molecular complexity index is 409. The Morgan fingerprint density at radius 1 is 1.18 bits per heavy atom. The monoisotopic (exact) mass is 227 g/mol. The molecular formula is C16H21N. The number of hydrogen-bond donors (Lipinski definition) is 0. The van der Waals surface area contributed by atoms with E-state index in [4.69, 9.17) is 0 Å². The molecule has 4 rings (SSSR count). The molecule has 3 fully saturated rings. The van der Waals surface area contributed by atoms with E-state index in [1.807, 2.05) is 0 Å². The fourth-order valence-electron chi connectivity index (χ4n) is 3.88. The molecule has 0 amide bonds. The second-order valence-electron chi connectivity index (χ2n) is 6.57. The van der Waals surface area contributed by atoms with Gasteiger partial charge in [0.2, 0.25) is 0 Å². The summed E-state index contributed by atoms with van der Waals surface area (Å²) in [7, 11) is 0. The molecule has 0 N–H and O–H groups in total. The zero-order chi connectivity index (χ0) is 11.3. The molecule has 0 spiro atoms. The number of hydrogen-bond acceptors (Lipinski definition) is 1. The van der Waals surface area contributed by atoms with E-state index in [0.717, 1.165) is 17.3 Å². The van der Waals surface area contributed by atoms with Gasteiger partial charge in [0.25, 0.3) is 0 Å². The highest BCUT2D eigenvalue weighted by molar-refractivity contribution is 5.17. The van der Waals surface area contributed by atoms with E-state index in [1.165, 1.54) is 44.5 Å². The number of rotatable bonds is 4. The molecule has 1 heteroatoms. The molecule has 1 nitrogen and oxygen atoms in total. The third-order valence-corrected chi connectivity index (χ3v) is 5.02. The van der Waals surface area contributed by atoms with Crippen LogP contribution < -0.4 is 0 Å². The number of fused-ring (bicyclic) bond motifs is 1.